The van der Waals surface area contributed by atoms with Crippen molar-refractivity contribution in [3.63, 3.8) is 0 Å². The Morgan fingerprint density at radius 1 is 1.40 bits per heavy atom. The minimum Gasteiger partial charge on any atom is -0.491 e. The van der Waals surface area contributed by atoms with E-state index in [2.05, 4.69) is 0 Å². The van der Waals surface area contributed by atoms with Crippen LogP contribution in [0.2, 0.25) is 10.0 Å². The topological polar surface area (TPSA) is 26.3 Å². The van der Waals surface area contributed by atoms with Gasteiger partial charge in [0.2, 0.25) is 0 Å². The van der Waals surface area contributed by atoms with Crippen molar-refractivity contribution in [3.8, 4) is 5.75 Å². The van der Waals surface area contributed by atoms with Crippen LogP contribution in [0.3, 0.4) is 0 Å². The van der Waals surface area contributed by atoms with Crippen LogP contribution in [-0.4, -0.2) is 12.4 Å². The van der Waals surface area contributed by atoms with E-state index in [0.717, 1.165) is 5.56 Å². The predicted molar refractivity (Wildman–Crippen MR) is 59.8 cm³/mol. The molecule has 1 aromatic carbocycles. The average molecular weight is 245 g/mol. The van der Waals surface area contributed by atoms with Crippen LogP contribution in [0.1, 0.15) is 12.5 Å². The van der Waals surface area contributed by atoms with Crippen molar-refractivity contribution in [2.24, 2.45) is 5.92 Å². The summed E-state index contributed by atoms with van der Waals surface area (Å²) in [5.74, 6) is 0.645. The van der Waals surface area contributed by atoms with E-state index >= 15 is 0 Å². The highest BCUT2D eigenvalue weighted by molar-refractivity contribution is 6.35. The zero-order chi connectivity index (χ0) is 11.0. The average Bonchev–Trinajstić information content (AvgIpc) is 2.23. The van der Waals surface area contributed by atoms with Crippen LogP contribution in [0.25, 0.3) is 0 Å². The molecule has 15 heavy (non-hydrogen) atoms. The van der Waals surface area contributed by atoms with Gasteiger partial charge in [0.1, 0.15) is 11.5 Å². The largest absolute Gasteiger partial charge is 0.491 e. The van der Waals surface area contributed by atoms with Gasteiger partial charge in [0.05, 0.1) is 17.5 Å². The standard InChI is InChI=1S/C11H10Cl2O2/c1-6(14)7-4-8-9(12)2-3-10(13)11(8)15-5-7/h2-3,7H,4-5H2,1H3. The van der Waals surface area contributed by atoms with Crippen molar-refractivity contribution in [1.82, 2.24) is 0 Å². The van der Waals surface area contributed by atoms with Crippen LogP contribution in [0, 0.1) is 5.92 Å². The molecule has 1 aliphatic heterocycles. The molecule has 0 aliphatic carbocycles. The highest BCUT2D eigenvalue weighted by Crippen LogP contribution is 2.38. The van der Waals surface area contributed by atoms with Gasteiger partial charge < -0.3 is 4.74 Å². The van der Waals surface area contributed by atoms with E-state index in [9.17, 15) is 4.79 Å². The zero-order valence-electron chi connectivity index (χ0n) is 8.22. The first-order valence-electron chi connectivity index (χ1n) is 4.69. The van der Waals surface area contributed by atoms with Gasteiger partial charge in [-0.15, -0.1) is 0 Å². The van der Waals surface area contributed by atoms with Gasteiger partial charge in [-0.25, -0.2) is 0 Å². The lowest BCUT2D eigenvalue weighted by Crippen LogP contribution is -2.26. The SMILES string of the molecule is CC(=O)C1COc2c(Cl)ccc(Cl)c2C1. The first kappa shape index (κ1) is 10.8. The molecule has 1 unspecified atom stereocenters. The number of ketones is 1. The first-order valence-corrected chi connectivity index (χ1v) is 5.45. The van der Waals surface area contributed by atoms with Gasteiger partial charge in [0.15, 0.2) is 0 Å². The molecule has 0 amide bonds. The highest BCUT2D eigenvalue weighted by atomic mass is 35.5. The van der Waals surface area contributed by atoms with E-state index < -0.39 is 0 Å². The molecular weight excluding hydrogens is 235 g/mol. The molecule has 80 valence electrons. The second-order valence-corrected chi connectivity index (χ2v) is 4.47. The third-order valence-electron chi connectivity index (χ3n) is 2.61. The first-order chi connectivity index (χ1) is 7.09. The maximum Gasteiger partial charge on any atom is 0.142 e. The van der Waals surface area contributed by atoms with E-state index in [1.54, 1.807) is 19.1 Å². The summed E-state index contributed by atoms with van der Waals surface area (Å²) in [7, 11) is 0. The monoisotopic (exact) mass is 244 g/mol. The lowest BCUT2D eigenvalue weighted by molar-refractivity contribution is -0.121. The number of fused-ring (bicyclic) bond motifs is 1. The summed E-state index contributed by atoms with van der Waals surface area (Å²) in [6.45, 7) is 1.96. The normalized spacial score (nSPS) is 19.3. The summed E-state index contributed by atoms with van der Waals surface area (Å²) in [6, 6.07) is 3.44. The van der Waals surface area contributed by atoms with Crippen molar-refractivity contribution in [2.75, 3.05) is 6.61 Å². The number of Topliss-reactive ketones (excluding diaryl/α,β-unsaturated/α-hetero) is 1. The third-order valence-corrected chi connectivity index (χ3v) is 3.26. The molecular formula is C11H10Cl2O2. The lowest BCUT2D eigenvalue weighted by Gasteiger charge is -2.25. The van der Waals surface area contributed by atoms with Gasteiger partial charge >= 0.3 is 0 Å². The molecule has 2 nitrogen and oxygen atoms in total. The van der Waals surface area contributed by atoms with Gasteiger partial charge in [-0.2, -0.15) is 0 Å². The second kappa shape index (κ2) is 4.03. The van der Waals surface area contributed by atoms with Crippen LogP contribution < -0.4 is 4.74 Å². The Kier molecular flexibility index (Phi) is 2.89. The van der Waals surface area contributed by atoms with Crippen molar-refractivity contribution in [1.29, 1.82) is 0 Å². The summed E-state index contributed by atoms with van der Waals surface area (Å²) in [5, 5.41) is 1.16. The van der Waals surface area contributed by atoms with E-state index in [1.165, 1.54) is 0 Å². The maximum atomic E-state index is 11.2. The van der Waals surface area contributed by atoms with Crippen LogP contribution in [0.4, 0.5) is 0 Å². The van der Waals surface area contributed by atoms with E-state index in [1.807, 2.05) is 0 Å². The number of halogens is 2. The van der Waals surface area contributed by atoms with Crippen LogP contribution >= 0.6 is 23.2 Å². The molecule has 0 radical (unpaired) electrons. The highest BCUT2D eigenvalue weighted by Gasteiger charge is 2.26. The van der Waals surface area contributed by atoms with Crippen molar-refractivity contribution >= 4 is 29.0 Å². The molecule has 4 heteroatoms. The summed E-state index contributed by atoms with van der Waals surface area (Å²) in [4.78, 5) is 11.2. The summed E-state index contributed by atoms with van der Waals surface area (Å²) >= 11 is 12.0. The molecule has 0 N–H and O–H groups in total. The van der Waals surface area contributed by atoms with Gasteiger partial charge in [-0.05, 0) is 25.5 Å². The molecule has 0 bridgehead atoms. The quantitative estimate of drug-likeness (QED) is 0.759. The number of hydrogen-bond donors (Lipinski definition) is 0. The third kappa shape index (κ3) is 1.97. The number of carbonyl (C=O) groups excluding carboxylic acids is 1. The minimum atomic E-state index is -0.103. The number of carbonyl (C=O) groups is 1. The molecule has 1 aliphatic rings. The van der Waals surface area contributed by atoms with E-state index in [-0.39, 0.29) is 11.7 Å². The molecule has 0 aromatic heterocycles. The Hall–Kier alpha value is -0.730. The van der Waals surface area contributed by atoms with Gasteiger partial charge in [0, 0.05) is 10.6 Å². The Balaban J connectivity index is 2.41. The lowest BCUT2D eigenvalue weighted by atomic mass is 9.94. The van der Waals surface area contributed by atoms with Crippen LogP contribution in [0.15, 0.2) is 12.1 Å². The predicted octanol–water partition coefficient (Wildman–Crippen LogP) is 3.13. The number of ether oxygens (including phenoxy) is 1. The molecule has 0 saturated heterocycles. The number of rotatable bonds is 1. The van der Waals surface area contributed by atoms with Gasteiger partial charge in [-0.3, -0.25) is 4.79 Å². The Morgan fingerprint density at radius 3 is 2.73 bits per heavy atom. The maximum absolute atomic E-state index is 11.2. The molecule has 1 atom stereocenters. The van der Waals surface area contributed by atoms with Crippen molar-refractivity contribution in [2.45, 2.75) is 13.3 Å². The van der Waals surface area contributed by atoms with Crippen LogP contribution in [-0.2, 0) is 11.2 Å². The molecule has 1 heterocycles. The Labute approximate surface area is 98.1 Å². The van der Waals surface area contributed by atoms with Gasteiger partial charge in [-0.1, -0.05) is 23.2 Å². The summed E-state index contributed by atoms with van der Waals surface area (Å²) in [6.07, 6.45) is 0.615. The zero-order valence-corrected chi connectivity index (χ0v) is 9.73. The summed E-state index contributed by atoms with van der Waals surface area (Å²) in [5.41, 5.74) is 0.843. The fourth-order valence-corrected chi connectivity index (χ4v) is 2.13. The molecule has 0 fully saturated rings. The second-order valence-electron chi connectivity index (χ2n) is 3.66. The van der Waals surface area contributed by atoms with E-state index in [0.29, 0.717) is 28.8 Å². The minimum absolute atomic E-state index is 0.103. The van der Waals surface area contributed by atoms with Gasteiger partial charge in [0.25, 0.3) is 0 Å². The Morgan fingerprint density at radius 2 is 2.07 bits per heavy atom. The fourth-order valence-electron chi connectivity index (χ4n) is 1.67. The molecule has 2 rings (SSSR count). The fraction of sp³-hybridized carbons (Fsp3) is 0.364. The molecule has 0 saturated carbocycles. The van der Waals surface area contributed by atoms with Crippen molar-refractivity contribution in [3.05, 3.63) is 27.7 Å². The van der Waals surface area contributed by atoms with Crippen LogP contribution in [0.5, 0.6) is 5.75 Å². The molecule has 1 aromatic rings. The number of hydrogen-bond acceptors (Lipinski definition) is 2. The molecule has 0 spiro atoms. The van der Waals surface area contributed by atoms with Crippen molar-refractivity contribution < 1.29 is 9.53 Å². The van der Waals surface area contributed by atoms with E-state index in [4.69, 9.17) is 27.9 Å². The summed E-state index contributed by atoms with van der Waals surface area (Å²) < 4.78 is 5.47. The smallest absolute Gasteiger partial charge is 0.142 e. The Bertz CT molecular complexity index is 415. The number of benzene rings is 1.